The zero-order valence-corrected chi connectivity index (χ0v) is 13.5. The number of aryl methyl sites for hydroxylation is 2. The van der Waals surface area contributed by atoms with E-state index in [1.165, 1.54) is 11.1 Å². The van der Waals surface area contributed by atoms with Gasteiger partial charge in [-0.25, -0.2) is 4.98 Å². The van der Waals surface area contributed by atoms with E-state index in [0.29, 0.717) is 11.6 Å². The van der Waals surface area contributed by atoms with Crippen LogP contribution in [-0.4, -0.2) is 4.98 Å². The Balaban J connectivity index is 2.46. The van der Waals surface area contributed by atoms with Crippen molar-refractivity contribution in [1.82, 2.24) is 4.98 Å². The summed E-state index contributed by atoms with van der Waals surface area (Å²) < 4.78 is 6.01. The minimum atomic E-state index is -0.000893. The fourth-order valence-electron chi connectivity index (χ4n) is 2.20. The Kier molecular flexibility index (Phi) is 4.21. The summed E-state index contributed by atoms with van der Waals surface area (Å²) in [7, 11) is 0. The first-order chi connectivity index (χ1) is 9.81. The molecule has 0 radical (unpaired) electrons. The number of rotatable bonds is 3. The summed E-state index contributed by atoms with van der Waals surface area (Å²) in [5, 5.41) is 0. The van der Waals surface area contributed by atoms with Gasteiger partial charge in [-0.15, -0.1) is 0 Å². The molecule has 2 N–H and O–H groups in total. The summed E-state index contributed by atoms with van der Waals surface area (Å²) in [5.41, 5.74) is 9.88. The maximum absolute atomic E-state index is 6.01. The van der Waals surface area contributed by atoms with Gasteiger partial charge in [0.05, 0.1) is 5.69 Å². The Morgan fingerprint density at radius 2 is 1.86 bits per heavy atom. The van der Waals surface area contributed by atoms with Crippen LogP contribution in [0.4, 0.5) is 5.69 Å². The molecule has 0 unspecified atom stereocenters. The maximum atomic E-state index is 6.01. The van der Waals surface area contributed by atoms with E-state index in [2.05, 4.69) is 44.8 Å². The molecule has 0 amide bonds. The van der Waals surface area contributed by atoms with Crippen molar-refractivity contribution in [2.24, 2.45) is 0 Å². The van der Waals surface area contributed by atoms with Crippen molar-refractivity contribution < 1.29 is 4.74 Å². The third kappa shape index (κ3) is 3.54. The highest BCUT2D eigenvalue weighted by Crippen LogP contribution is 2.36. The zero-order chi connectivity index (χ0) is 15.6. The van der Waals surface area contributed by atoms with Crippen LogP contribution in [0.15, 0.2) is 30.3 Å². The highest BCUT2D eigenvalue weighted by molar-refractivity contribution is 5.52. The summed E-state index contributed by atoms with van der Waals surface area (Å²) in [6.45, 7) is 10.6. The first-order valence-electron chi connectivity index (χ1n) is 7.35. The number of nitrogens with two attached hydrogens (primary N) is 1. The first-order valence-corrected chi connectivity index (χ1v) is 7.35. The van der Waals surface area contributed by atoms with Gasteiger partial charge in [-0.05, 0) is 42.5 Å². The van der Waals surface area contributed by atoms with E-state index >= 15 is 0 Å². The molecule has 3 nitrogen and oxygen atoms in total. The molecule has 112 valence electrons. The third-order valence-electron chi connectivity index (χ3n) is 3.50. The van der Waals surface area contributed by atoms with Crippen LogP contribution in [0.1, 0.15) is 44.5 Å². The molecule has 1 heterocycles. The third-order valence-corrected chi connectivity index (χ3v) is 3.50. The summed E-state index contributed by atoms with van der Waals surface area (Å²) in [5.74, 6) is 1.30. The zero-order valence-electron chi connectivity index (χ0n) is 13.5. The predicted octanol–water partition coefficient (Wildman–Crippen LogP) is 4.62. The summed E-state index contributed by atoms with van der Waals surface area (Å²) >= 11 is 0. The molecule has 0 saturated heterocycles. The van der Waals surface area contributed by atoms with E-state index in [0.717, 1.165) is 17.9 Å². The van der Waals surface area contributed by atoms with E-state index in [1.807, 2.05) is 25.1 Å². The van der Waals surface area contributed by atoms with Crippen molar-refractivity contribution in [1.29, 1.82) is 0 Å². The van der Waals surface area contributed by atoms with E-state index in [1.54, 1.807) is 0 Å². The van der Waals surface area contributed by atoms with Gasteiger partial charge >= 0.3 is 0 Å². The number of ether oxygens (including phenoxy) is 1. The Morgan fingerprint density at radius 3 is 2.48 bits per heavy atom. The molecule has 0 spiro atoms. The molecular weight excluding hydrogens is 260 g/mol. The number of pyridine rings is 1. The topological polar surface area (TPSA) is 48.1 Å². The predicted molar refractivity (Wildman–Crippen MR) is 88.0 cm³/mol. The molecule has 0 bridgehead atoms. The highest BCUT2D eigenvalue weighted by atomic mass is 16.5. The second-order valence-electron chi connectivity index (χ2n) is 6.38. The quantitative estimate of drug-likeness (QED) is 0.894. The van der Waals surface area contributed by atoms with Gasteiger partial charge in [0.15, 0.2) is 0 Å². The molecule has 2 aromatic rings. The first kappa shape index (κ1) is 15.4. The Labute approximate surface area is 127 Å². The highest BCUT2D eigenvalue weighted by Gasteiger charge is 2.20. The van der Waals surface area contributed by atoms with Gasteiger partial charge < -0.3 is 10.5 Å². The molecule has 3 heteroatoms. The number of nitrogens with zero attached hydrogens (tertiary/aromatic N) is 1. The van der Waals surface area contributed by atoms with Crippen molar-refractivity contribution in [3.63, 3.8) is 0 Å². The van der Waals surface area contributed by atoms with Crippen LogP contribution in [0.25, 0.3) is 0 Å². The van der Waals surface area contributed by atoms with E-state index in [4.69, 9.17) is 10.5 Å². The SMILES string of the molecule is CCc1ccc(Oc2nc(C)ccc2N)c(C(C)(C)C)c1. The molecule has 21 heavy (non-hydrogen) atoms. The van der Waals surface area contributed by atoms with Crippen molar-refractivity contribution in [3.05, 3.63) is 47.2 Å². The fourth-order valence-corrected chi connectivity index (χ4v) is 2.20. The average molecular weight is 284 g/mol. The van der Waals surface area contributed by atoms with E-state index in [-0.39, 0.29) is 5.41 Å². The standard InChI is InChI=1S/C18H24N2O/c1-6-13-8-10-16(14(11-13)18(3,4)5)21-17-15(19)9-7-12(2)20-17/h7-11H,6,19H2,1-5H3. The Hall–Kier alpha value is -2.03. The number of hydrogen-bond donors (Lipinski definition) is 1. The van der Waals surface area contributed by atoms with Crippen molar-refractivity contribution in [3.8, 4) is 11.6 Å². The molecule has 0 saturated carbocycles. The largest absolute Gasteiger partial charge is 0.437 e. The number of aromatic nitrogens is 1. The summed E-state index contributed by atoms with van der Waals surface area (Å²) in [6, 6.07) is 10.0. The van der Waals surface area contributed by atoms with Gasteiger partial charge in [-0.2, -0.15) is 0 Å². The second-order valence-corrected chi connectivity index (χ2v) is 6.38. The maximum Gasteiger partial charge on any atom is 0.242 e. The molecule has 0 fully saturated rings. The van der Waals surface area contributed by atoms with Gasteiger partial charge in [0.25, 0.3) is 0 Å². The van der Waals surface area contributed by atoms with Crippen LogP contribution in [0.5, 0.6) is 11.6 Å². The van der Waals surface area contributed by atoms with E-state index < -0.39 is 0 Å². The minimum Gasteiger partial charge on any atom is -0.437 e. The van der Waals surface area contributed by atoms with Gasteiger partial charge in [-0.3, -0.25) is 0 Å². The lowest BCUT2D eigenvalue weighted by atomic mass is 9.85. The lowest BCUT2D eigenvalue weighted by Crippen LogP contribution is -2.13. The molecule has 2 rings (SSSR count). The summed E-state index contributed by atoms with van der Waals surface area (Å²) in [6.07, 6.45) is 1.01. The number of hydrogen-bond acceptors (Lipinski definition) is 3. The Bertz CT molecular complexity index is 642. The van der Waals surface area contributed by atoms with Crippen LogP contribution in [0, 0.1) is 6.92 Å². The van der Waals surface area contributed by atoms with Crippen LogP contribution >= 0.6 is 0 Å². The van der Waals surface area contributed by atoms with Gasteiger partial charge in [-0.1, -0.05) is 39.8 Å². The van der Waals surface area contributed by atoms with Crippen LogP contribution < -0.4 is 10.5 Å². The summed E-state index contributed by atoms with van der Waals surface area (Å²) in [4.78, 5) is 4.39. The van der Waals surface area contributed by atoms with Crippen LogP contribution in [0.3, 0.4) is 0 Å². The van der Waals surface area contributed by atoms with Crippen LogP contribution in [-0.2, 0) is 11.8 Å². The fraction of sp³-hybridized carbons (Fsp3) is 0.389. The van der Waals surface area contributed by atoms with Gasteiger partial charge in [0.2, 0.25) is 5.88 Å². The molecule has 1 aromatic carbocycles. The number of benzene rings is 1. The lowest BCUT2D eigenvalue weighted by molar-refractivity contribution is 0.440. The average Bonchev–Trinajstić information content (AvgIpc) is 2.42. The molecule has 0 aliphatic carbocycles. The number of anilines is 1. The smallest absolute Gasteiger partial charge is 0.242 e. The number of nitrogen functional groups attached to an aromatic ring is 1. The monoisotopic (exact) mass is 284 g/mol. The minimum absolute atomic E-state index is 0.000893. The lowest BCUT2D eigenvalue weighted by Gasteiger charge is -2.23. The molecule has 1 aromatic heterocycles. The molecule has 0 aliphatic heterocycles. The van der Waals surface area contributed by atoms with Crippen molar-refractivity contribution >= 4 is 5.69 Å². The van der Waals surface area contributed by atoms with Gasteiger partial charge in [0.1, 0.15) is 5.75 Å². The van der Waals surface area contributed by atoms with Crippen molar-refractivity contribution in [2.75, 3.05) is 5.73 Å². The Morgan fingerprint density at radius 1 is 1.14 bits per heavy atom. The normalized spacial score (nSPS) is 11.5. The molecular formula is C18H24N2O. The van der Waals surface area contributed by atoms with Gasteiger partial charge in [0, 0.05) is 11.3 Å². The molecule has 0 aliphatic rings. The second kappa shape index (κ2) is 5.76. The van der Waals surface area contributed by atoms with E-state index in [9.17, 15) is 0 Å². The van der Waals surface area contributed by atoms with Crippen LogP contribution in [0.2, 0.25) is 0 Å². The molecule has 0 atom stereocenters. The van der Waals surface area contributed by atoms with Crippen molar-refractivity contribution in [2.45, 2.75) is 46.5 Å².